The van der Waals surface area contributed by atoms with Gasteiger partial charge in [-0.15, -0.1) is 0 Å². The Hall–Kier alpha value is -2.94. The second kappa shape index (κ2) is 5.11. The Morgan fingerprint density at radius 1 is 1.27 bits per heavy atom. The molecule has 1 N–H and O–H groups in total. The first-order chi connectivity index (χ1) is 10.8. The number of hydrogen-bond acceptors (Lipinski definition) is 5. The molecule has 6 heteroatoms. The van der Waals surface area contributed by atoms with Gasteiger partial charge in [-0.3, -0.25) is 4.98 Å². The average Bonchev–Trinajstić information content (AvgIpc) is 3.21. The summed E-state index contributed by atoms with van der Waals surface area (Å²) in [4.78, 5) is 18.2. The molecule has 0 radical (unpaired) electrons. The quantitative estimate of drug-likeness (QED) is 0.732. The van der Waals surface area contributed by atoms with Crippen molar-refractivity contribution in [2.45, 2.75) is 12.3 Å². The zero-order chi connectivity index (χ0) is 14.9. The van der Waals surface area contributed by atoms with Crippen LogP contribution in [0.25, 0.3) is 22.3 Å². The smallest absolute Gasteiger partial charge is 0.179 e. The van der Waals surface area contributed by atoms with Crippen molar-refractivity contribution < 1.29 is 0 Å². The molecule has 0 amide bonds. The number of hydrogen-bond donors (Lipinski definition) is 1. The minimum atomic E-state index is 0.276. The fraction of sp³-hybridized carbons (Fsp3) is 0.250. The van der Waals surface area contributed by atoms with Crippen LogP contribution < -0.4 is 0 Å². The van der Waals surface area contributed by atoms with Crippen LogP contribution in [0.1, 0.15) is 18.2 Å². The predicted molar refractivity (Wildman–Crippen MR) is 81.7 cm³/mol. The summed E-state index contributed by atoms with van der Waals surface area (Å²) in [7, 11) is 0. The van der Waals surface area contributed by atoms with Gasteiger partial charge < -0.3 is 9.88 Å². The number of rotatable bonds is 2. The lowest BCUT2D eigenvalue weighted by molar-refractivity contribution is 0.477. The van der Waals surface area contributed by atoms with Gasteiger partial charge in [0, 0.05) is 43.2 Å². The first-order valence-electron chi connectivity index (χ1n) is 7.24. The van der Waals surface area contributed by atoms with Gasteiger partial charge in [0.25, 0.3) is 0 Å². The van der Waals surface area contributed by atoms with Crippen LogP contribution in [0.2, 0.25) is 0 Å². The van der Waals surface area contributed by atoms with E-state index in [-0.39, 0.29) is 5.92 Å². The van der Waals surface area contributed by atoms with Crippen molar-refractivity contribution in [2.24, 2.45) is 0 Å². The molecule has 1 unspecified atom stereocenters. The Morgan fingerprint density at radius 3 is 2.91 bits per heavy atom. The lowest BCUT2D eigenvalue weighted by Crippen LogP contribution is -2.13. The molecule has 1 fully saturated rings. The molecule has 0 aromatic carbocycles. The largest absolute Gasteiger partial charge is 0.326 e. The molecule has 4 heterocycles. The van der Waals surface area contributed by atoms with Crippen LogP contribution in [0.3, 0.4) is 0 Å². The maximum Gasteiger partial charge on any atom is 0.179 e. The van der Waals surface area contributed by atoms with Gasteiger partial charge >= 0.3 is 0 Å². The summed E-state index contributed by atoms with van der Waals surface area (Å²) in [5, 5.41) is 8.96. The van der Waals surface area contributed by atoms with Gasteiger partial charge in [0.05, 0.1) is 0 Å². The third-order valence-corrected chi connectivity index (χ3v) is 4.08. The van der Waals surface area contributed by atoms with Crippen molar-refractivity contribution in [1.82, 2.24) is 24.8 Å². The Kier molecular flexibility index (Phi) is 2.97. The Labute approximate surface area is 127 Å². The van der Waals surface area contributed by atoms with Crippen LogP contribution in [0.15, 0.2) is 36.8 Å². The number of nitriles is 1. The molecule has 1 aliphatic heterocycles. The predicted octanol–water partition coefficient (Wildman–Crippen LogP) is 2.29. The SMILES string of the molecule is N#CN1CCC(c2nc3cc(-c4ccncc4)cnc3[nH]2)C1. The van der Waals surface area contributed by atoms with E-state index in [1.54, 1.807) is 17.3 Å². The van der Waals surface area contributed by atoms with Gasteiger partial charge in [-0.25, -0.2) is 9.97 Å². The van der Waals surface area contributed by atoms with Crippen molar-refractivity contribution >= 4 is 11.2 Å². The molecule has 3 aromatic rings. The molecule has 1 atom stereocenters. The van der Waals surface area contributed by atoms with Crippen molar-refractivity contribution in [1.29, 1.82) is 5.26 Å². The second-order valence-electron chi connectivity index (χ2n) is 5.48. The minimum Gasteiger partial charge on any atom is -0.326 e. The fourth-order valence-electron chi connectivity index (χ4n) is 2.88. The first kappa shape index (κ1) is 12.8. The number of likely N-dealkylation sites (tertiary alicyclic amines) is 1. The van der Waals surface area contributed by atoms with E-state index in [2.05, 4.69) is 26.1 Å². The minimum absolute atomic E-state index is 0.276. The summed E-state index contributed by atoms with van der Waals surface area (Å²) in [6.45, 7) is 1.53. The van der Waals surface area contributed by atoms with Crippen LogP contribution in [0.5, 0.6) is 0 Å². The normalized spacial score (nSPS) is 17.8. The van der Waals surface area contributed by atoms with E-state index in [0.29, 0.717) is 0 Å². The van der Waals surface area contributed by atoms with Crippen molar-refractivity contribution in [3.05, 3.63) is 42.6 Å². The first-order valence-corrected chi connectivity index (χ1v) is 7.24. The van der Waals surface area contributed by atoms with Crippen LogP contribution >= 0.6 is 0 Å². The van der Waals surface area contributed by atoms with Crippen molar-refractivity contribution in [3.8, 4) is 17.3 Å². The number of aromatic nitrogens is 4. The van der Waals surface area contributed by atoms with Gasteiger partial charge in [-0.2, -0.15) is 5.26 Å². The van der Waals surface area contributed by atoms with Crippen LogP contribution in [0.4, 0.5) is 0 Å². The van der Waals surface area contributed by atoms with Gasteiger partial charge in [0.1, 0.15) is 11.3 Å². The molecule has 0 bridgehead atoms. The third-order valence-electron chi connectivity index (χ3n) is 4.08. The highest BCUT2D eigenvalue weighted by Crippen LogP contribution is 2.27. The molecule has 1 saturated heterocycles. The third kappa shape index (κ3) is 2.17. The molecule has 4 rings (SSSR count). The Balaban J connectivity index is 1.69. The summed E-state index contributed by atoms with van der Waals surface area (Å²) in [5.41, 5.74) is 3.76. The molecule has 0 spiro atoms. The highest BCUT2D eigenvalue weighted by Gasteiger charge is 2.25. The van der Waals surface area contributed by atoms with Gasteiger partial charge in [0.2, 0.25) is 0 Å². The maximum atomic E-state index is 8.96. The molecule has 1 aliphatic rings. The molecule has 3 aromatic heterocycles. The van der Waals surface area contributed by atoms with E-state index >= 15 is 0 Å². The van der Waals surface area contributed by atoms with Gasteiger partial charge in [-0.1, -0.05) is 0 Å². The standard InChI is InChI=1S/C16H14N6/c17-10-22-6-3-12(9-22)15-20-14-7-13(8-19-16(14)21-15)11-1-4-18-5-2-11/h1-2,4-5,7-8,12H,3,6,9H2,(H,19,20,21). The summed E-state index contributed by atoms with van der Waals surface area (Å²) in [5.74, 6) is 1.20. The monoisotopic (exact) mass is 290 g/mol. The van der Waals surface area contributed by atoms with E-state index in [0.717, 1.165) is 47.6 Å². The number of aromatic amines is 1. The number of fused-ring (bicyclic) bond motifs is 1. The number of nitrogens with one attached hydrogen (secondary N) is 1. The molecule has 0 saturated carbocycles. The molecule has 108 valence electrons. The number of nitrogens with zero attached hydrogens (tertiary/aromatic N) is 5. The van der Waals surface area contributed by atoms with Crippen LogP contribution in [-0.2, 0) is 0 Å². The van der Waals surface area contributed by atoms with E-state index in [9.17, 15) is 0 Å². The Morgan fingerprint density at radius 2 is 2.14 bits per heavy atom. The van der Waals surface area contributed by atoms with Crippen molar-refractivity contribution in [3.63, 3.8) is 0 Å². The van der Waals surface area contributed by atoms with Gasteiger partial charge in [0.15, 0.2) is 11.8 Å². The van der Waals surface area contributed by atoms with E-state index in [1.807, 2.05) is 24.4 Å². The summed E-state index contributed by atoms with van der Waals surface area (Å²) >= 11 is 0. The lowest BCUT2D eigenvalue weighted by Gasteiger charge is -2.05. The molecule has 22 heavy (non-hydrogen) atoms. The summed E-state index contributed by atoms with van der Waals surface area (Å²) in [6, 6.07) is 5.95. The molecule has 6 nitrogen and oxygen atoms in total. The highest BCUT2D eigenvalue weighted by molar-refractivity contribution is 5.78. The van der Waals surface area contributed by atoms with Crippen molar-refractivity contribution in [2.75, 3.05) is 13.1 Å². The second-order valence-corrected chi connectivity index (χ2v) is 5.48. The zero-order valence-electron chi connectivity index (χ0n) is 11.9. The van der Waals surface area contributed by atoms with E-state index in [4.69, 9.17) is 5.26 Å². The highest BCUT2D eigenvalue weighted by atomic mass is 15.1. The van der Waals surface area contributed by atoms with Crippen LogP contribution in [-0.4, -0.2) is 37.9 Å². The van der Waals surface area contributed by atoms with E-state index < -0.39 is 0 Å². The van der Waals surface area contributed by atoms with Crippen LogP contribution in [0, 0.1) is 11.5 Å². The summed E-state index contributed by atoms with van der Waals surface area (Å²) in [6.07, 6.45) is 8.53. The van der Waals surface area contributed by atoms with E-state index in [1.165, 1.54) is 0 Å². The molecular weight excluding hydrogens is 276 g/mol. The molecule has 0 aliphatic carbocycles. The average molecular weight is 290 g/mol. The summed E-state index contributed by atoms with van der Waals surface area (Å²) < 4.78 is 0. The number of pyridine rings is 2. The number of imidazole rings is 1. The lowest BCUT2D eigenvalue weighted by atomic mass is 10.1. The number of H-pyrrole nitrogens is 1. The Bertz CT molecular complexity index is 848. The topological polar surface area (TPSA) is 81.5 Å². The zero-order valence-corrected chi connectivity index (χ0v) is 11.9. The van der Waals surface area contributed by atoms with Gasteiger partial charge in [-0.05, 0) is 30.2 Å². The maximum absolute atomic E-state index is 8.96. The molecular formula is C16H14N6. The fourth-order valence-corrected chi connectivity index (χ4v) is 2.88.